The van der Waals surface area contributed by atoms with Crippen LogP contribution in [0.3, 0.4) is 0 Å². The molecule has 0 radical (unpaired) electrons. The summed E-state index contributed by atoms with van der Waals surface area (Å²) >= 11 is 0. The van der Waals surface area contributed by atoms with Gasteiger partial charge >= 0.3 is 5.97 Å². The quantitative estimate of drug-likeness (QED) is 0.588. The van der Waals surface area contributed by atoms with E-state index in [1.807, 2.05) is 6.07 Å². The molecule has 0 bridgehead atoms. The van der Waals surface area contributed by atoms with Gasteiger partial charge in [0.15, 0.2) is 6.10 Å². The number of ether oxygens (including phenoxy) is 2. The Kier molecular flexibility index (Phi) is 4.77. The zero-order valence-electron chi connectivity index (χ0n) is 9.71. The lowest BCUT2D eigenvalue weighted by atomic mass is 10.2. The van der Waals surface area contributed by atoms with E-state index in [4.69, 9.17) is 10.00 Å². The van der Waals surface area contributed by atoms with Crippen LogP contribution in [0.4, 0.5) is 0 Å². The number of hydrogen-bond donors (Lipinski definition) is 0. The van der Waals surface area contributed by atoms with Crippen molar-refractivity contribution in [2.45, 2.75) is 13.0 Å². The molecular weight excluding hydrogens is 218 g/mol. The van der Waals surface area contributed by atoms with Gasteiger partial charge in [0.25, 0.3) is 0 Å². The third kappa shape index (κ3) is 4.39. The summed E-state index contributed by atoms with van der Waals surface area (Å²) in [4.78, 5) is 10.9. The molecule has 0 N–H and O–H groups in total. The number of esters is 1. The first-order valence-corrected chi connectivity index (χ1v) is 5.08. The summed E-state index contributed by atoms with van der Waals surface area (Å²) in [6.45, 7) is 1.67. The number of carbonyl (C=O) groups is 1. The van der Waals surface area contributed by atoms with Gasteiger partial charge in [-0.2, -0.15) is 5.26 Å². The summed E-state index contributed by atoms with van der Waals surface area (Å²) < 4.78 is 9.76. The highest BCUT2D eigenvalue weighted by atomic mass is 16.5. The van der Waals surface area contributed by atoms with Crippen LogP contribution in [0.5, 0.6) is 5.75 Å². The molecule has 0 aromatic heterocycles. The molecule has 1 aromatic carbocycles. The van der Waals surface area contributed by atoms with Crippen LogP contribution in [0, 0.1) is 11.3 Å². The van der Waals surface area contributed by atoms with Crippen molar-refractivity contribution in [3.05, 3.63) is 35.9 Å². The van der Waals surface area contributed by atoms with Gasteiger partial charge in [0, 0.05) is 6.08 Å². The molecule has 0 saturated heterocycles. The molecule has 0 aliphatic carbocycles. The fourth-order valence-corrected chi connectivity index (χ4v) is 1.12. The molecule has 1 aromatic rings. The number of hydrogen-bond acceptors (Lipinski definition) is 4. The lowest BCUT2D eigenvalue weighted by Crippen LogP contribution is -2.07. The first kappa shape index (κ1) is 12.8. The normalized spacial score (nSPS) is 11.8. The topological polar surface area (TPSA) is 59.3 Å². The average Bonchev–Trinajstić information content (AvgIpc) is 2.37. The Morgan fingerprint density at radius 3 is 2.59 bits per heavy atom. The van der Waals surface area contributed by atoms with Crippen molar-refractivity contribution < 1.29 is 14.3 Å². The summed E-state index contributed by atoms with van der Waals surface area (Å²) in [6, 6.07) is 9.04. The molecular formula is C13H13NO3. The van der Waals surface area contributed by atoms with Gasteiger partial charge in [0.1, 0.15) is 11.8 Å². The maximum atomic E-state index is 10.9. The molecule has 0 heterocycles. The lowest BCUT2D eigenvalue weighted by Gasteiger charge is -2.07. The molecule has 0 aliphatic heterocycles. The third-order valence-corrected chi connectivity index (χ3v) is 1.99. The minimum absolute atomic E-state index is 0.400. The van der Waals surface area contributed by atoms with Crippen LogP contribution in [-0.4, -0.2) is 19.2 Å². The second kappa shape index (κ2) is 6.33. The maximum Gasteiger partial charge on any atom is 0.330 e. The van der Waals surface area contributed by atoms with Crippen LogP contribution in [0.25, 0.3) is 6.08 Å². The summed E-state index contributed by atoms with van der Waals surface area (Å²) in [7, 11) is 1.33. The van der Waals surface area contributed by atoms with E-state index < -0.39 is 12.1 Å². The van der Waals surface area contributed by atoms with Crippen molar-refractivity contribution in [2.24, 2.45) is 0 Å². The average molecular weight is 231 g/mol. The van der Waals surface area contributed by atoms with Gasteiger partial charge < -0.3 is 9.47 Å². The molecule has 1 rings (SSSR count). The first-order valence-electron chi connectivity index (χ1n) is 5.08. The molecule has 0 spiro atoms. The van der Waals surface area contributed by atoms with Crippen LogP contribution >= 0.6 is 0 Å². The molecule has 0 aliphatic rings. The number of nitriles is 1. The van der Waals surface area contributed by atoms with Crippen molar-refractivity contribution in [3.8, 4) is 11.8 Å². The number of nitrogens with zero attached hydrogens (tertiary/aromatic N) is 1. The van der Waals surface area contributed by atoms with Gasteiger partial charge in [0.2, 0.25) is 0 Å². The fourth-order valence-electron chi connectivity index (χ4n) is 1.12. The lowest BCUT2D eigenvalue weighted by molar-refractivity contribution is -0.134. The SMILES string of the molecule is COC(=O)/C=C/c1ccc(OC(C)C#N)cc1. The summed E-state index contributed by atoms with van der Waals surface area (Å²) in [5.41, 5.74) is 0.854. The largest absolute Gasteiger partial charge is 0.476 e. The Hall–Kier alpha value is -2.28. The smallest absolute Gasteiger partial charge is 0.330 e. The van der Waals surface area contributed by atoms with Crippen molar-refractivity contribution in [1.82, 2.24) is 0 Å². The van der Waals surface area contributed by atoms with Gasteiger partial charge in [0.05, 0.1) is 7.11 Å². The van der Waals surface area contributed by atoms with Crippen molar-refractivity contribution in [1.29, 1.82) is 5.26 Å². The van der Waals surface area contributed by atoms with E-state index >= 15 is 0 Å². The summed E-state index contributed by atoms with van der Waals surface area (Å²) in [5, 5.41) is 8.59. The monoisotopic (exact) mass is 231 g/mol. The Morgan fingerprint density at radius 2 is 2.06 bits per heavy atom. The first-order chi connectivity index (χ1) is 8.15. The second-order valence-corrected chi connectivity index (χ2v) is 3.31. The predicted octanol–water partition coefficient (Wildman–Crippen LogP) is 2.16. The van der Waals surface area contributed by atoms with Gasteiger partial charge in [-0.3, -0.25) is 0 Å². The van der Waals surface area contributed by atoms with Crippen LogP contribution in [0.15, 0.2) is 30.3 Å². The van der Waals surface area contributed by atoms with Gasteiger partial charge in [-0.1, -0.05) is 12.1 Å². The Labute approximate surface area is 100 Å². The van der Waals surface area contributed by atoms with E-state index in [9.17, 15) is 4.79 Å². The number of benzene rings is 1. The van der Waals surface area contributed by atoms with Crippen molar-refractivity contribution in [3.63, 3.8) is 0 Å². The molecule has 1 atom stereocenters. The minimum atomic E-state index is -0.480. The highest BCUT2D eigenvalue weighted by molar-refractivity contribution is 5.86. The maximum absolute atomic E-state index is 10.9. The van der Waals surface area contributed by atoms with Gasteiger partial charge in [-0.05, 0) is 30.7 Å². The summed E-state index contributed by atoms with van der Waals surface area (Å²) in [6.07, 6.45) is 2.50. The van der Waals surface area contributed by atoms with Crippen LogP contribution in [0.2, 0.25) is 0 Å². The van der Waals surface area contributed by atoms with Crippen molar-refractivity contribution >= 4 is 12.0 Å². The standard InChI is InChI=1S/C13H13NO3/c1-10(9-14)17-12-6-3-11(4-7-12)5-8-13(15)16-2/h3-8,10H,1-2H3/b8-5+. The van der Waals surface area contributed by atoms with E-state index in [-0.39, 0.29) is 0 Å². The highest BCUT2D eigenvalue weighted by Gasteiger charge is 2.00. The highest BCUT2D eigenvalue weighted by Crippen LogP contribution is 2.14. The molecule has 0 amide bonds. The predicted molar refractivity (Wildman–Crippen MR) is 63.2 cm³/mol. The van der Waals surface area contributed by atoms with Crippen molar-refractivity contribution in [2.75, 3.05) is 7.11 Å². The van der Waals surface area contributed by atoms with Crippen LogP contribution in [0.1, 0.15) is 12.5 Å². The van der Waals surface area contributed by atoms with E-state index in [0.717, 1.165) is 5.56 Å². The van der Waals surface area contributed by atoms with E-state index in [0.29, 0.717) is 5.75 Å². The molecule has 88 valence electrons. The molecule has 0 fully saturated rings. The van der Waals surface area contributed by atoms with E-state index in [1.165, 1.54) is 13.2 Å². The number of rotatable bonds is 4. The molecule has 17 heavy (non-hydrogen) atoms. The molecule has 1 unspecified atom stereocenters. The Balaban J connectivity index is 2.65. The number of carbonyl (C=O) groups excluding carboxylic acids is 1. The Morgan fingerprint density at radius 1 is 1.41 bits per heavy atom. The fraction of sp³-hybridized carbons (Fsp3) is 0.231. The van der Waals surface area contributed by atoms with E-state index in [2.05, 4.69) is 4.74 Å². The number of methoxy groups -OCH3 is 1. The summed E-state index contributed by atoms with van der Waals surface area (Å²) in [5.74, 6) is 0.220. The van der Waals surface area contributed by atoms with Crippen LogP contribution < -0.4 is 4.74 Å². The van der Waals surface area contributed by atoms with Crippen LogP contribution in [-0.2, 0) is 9.53 Å². The van der Waals surface area contributed by atoms with Gasteiger partial charge in [-0.25, -0.2) is 4.79 Å². The zero-order valence-corrected chi connectivity index (χ0v) is 9.71. The molecule has 4 nitrogen and oxygen atoms in total. The molecule has 0 saturated carbocycles. The molecule has 4 heteroatoms. The zero-order chi connectivity index (χ0) is 12.7. The van der Waals surface area contributed by atoms with Gasteiger partial charge in [-0.15, -0.1) is 0 Å². The third-order valence-electron chi connectivity index (χ3n) is 1.99. The minimum Gasteiger partial charge on any atom is -0.476 e. The Bertz CT molecular complexity index is 443. The second-order valence-electron chi connectivity index (χ2n) is 3.31. The van der Waals surface area contributed by atoms with E-state index in [1.54, 1.807) is 37.3 Å².